The zero-order valence-corrected chi connectivity index (χ0v) is 11.5. The molecule has 21 heavy (non-hydrogen) atoms. The molecule has 1 aliphatic heterocycles. The molecule has 0 aliphatic carbocycles. The van der Waals surface area contributed by atoms with Crippen LogP contribution in [0.3, 0.4) is 0 Å². The molecule has 2 heterocycles. The fraction of sp³-hybridized carbons (Fsp3) is 0.250. The Morgan fingerprint density at radius 2 is 1.90 bits per heavy atom. The number of benzene rings is 1. The van der Waals surface area contributed by atoms with Gasteiger partial charge in [0, 0.05) is 25.2 Å². The van der Waals surface area contributed by atoms with E-state index in [0.717, 1.165) is 13.1 Å². The highest BCUT2D eigenvalue weighted by Crippen LogP contribution is 2.33. The van der Waals surface area contributed by atoms with E-state index in [0.29, 0.717) is 24.1 Å². The van der Waals surface area contributed by atoms with E-state index >= 15 is 0 Å². The van der Waals surface area contributed by atoms with Crippen molar-refractivity contribution in [2.45, 2.75) is 19.5 Å². The molecule has 0 radical (unpaired) electrons. The van der Waals surface area contributed by atoms with Crippen LogP contribution in [-0.2, 0) is 19.5 Å². The Kier molecular flexibility index (Phi) is 3.46. The summed E-state index contributed by atoms with van der Waals surface area (Å²) in [5.41, 5.74) is 2.72. The van der Waals surface area contributed by atoms with Crippen molar-refractivity contribution in [1.29, 1.82) is 5.26 Å². The molecule has 106 valence electrons. The van der Waals surface area contributed by atoms with Crippen molar-refractivity contribution < 1.29 is 10.2 Å². The van der Waals surface area contributed by atoms with Crippen LogP contribution >= 0.6 is 0 Å². The Hall–Kier alpha value is -2.58. The van der Waals surface area contributed by atoms with Gasteiger partial charge in [0.2, 0.25) is 11.8 Å². The first-order valence-corrected chi connectivity index (χ1v) is 6.79. The van der Waals surface area contributed by atoms with E-state index in [1.807, 2.05) is 24.3 Å². The van der Waals surface area contributed by atoms with Gasteiger partial charge in [-0.2, -0.15) is 10.2 Å². The van der Waals surface area contributed by atoms with Gasteiger partial charge < -0.3 is 10.2 Å². The lowest BCUT2D eigenvalue weighted by atomic mass is 9.96. The van der Waals surface area contributed by atoms with Crippen molar-refractivity contribution >= 4 is 0 Å². The third-order valence-electron chi connectivity index (χ3n) is 3.79. The Morgan fingerprint density at radius 1 is 1.14 bits per heavy atom. The maximum Gasteiger partial charge on any atom is 0.232 e. The molecule has 1 aromatic carbocycles. The van der Waals surface area contributed by atoms with Gasteiger partial charge in [0.25, 0.3) is 0 Å². The Bertz CT molecular complexity index is 708. The SMILES string of the molecule is N#Cc1c(O)nc(O)c2c1CN(Cc1ccccc1)CC2. The number of nitriles is 1. The molecule has 5 nitrogen and oxygen atoms in total. The maximum absolute atomic E-state index is 9.83. The van der Waals surface area contributed by atoms with E-state index in [1.165, 1.54) is 5.56 Å². The van der Waals surface area contributed by atoms with Crippen molar-refractivity contribution in [3.8, 4) is 17.8 Å². The zero-order chi connectivity index (χ0) is 14.8. The number of aromatic nitrogens is 1. The lowest BCUT2D eigenvalue weighted by molar-refractivity contribution is 0.241. The number of aromatic hydroxyl groups is 2. The van der Waals surface area contributed by atoms with Gasteiger partial charge in [0.15, 0.2) is 0 Å². The van der Waals surface area contributed by atoms with Crippen molar-refractivity contribution in [2.75, 3.05) is 6.54 Å². The monoisotopic (exact) mass is 281 g/mol. The molecule has 2 N–H and O–H groups in total. The summed E-state index contributed by atoms with van der Waals surface area (Å²) in [5, 5.41) is 28.7. The van der Waals surface area contributed by atoms with Crippen LogP contribution in [0.5, 0.6) is 11.8 Å². The number of rotatable bonds is 2. The van der Waals surface area contributed by atoms with Crippen LogP contribution in [0, 0.1) is 11.3 Å². The first-order valence-electron chi connectivity index (χ1n) is 6.79. The quantitative estimate of drug-likeness (QED) is 0.879. The predicted octanol–water partition coefficient (Wildman–Crippen LogP) is 1.92. The Morgan fingerprint density at radius 3 is 2.62 bits per heavy atom. The van der Waals surface area contributed by atoms with Crippen LogP contribution in [0.2, 0.25) is 0 Å². The molecule has 0 spiro atoms. The molecule has 0 bridgehead atoms. The largest absolute Gasteiger partial charge is 0.493 e. The third kappa shape index (κ3) is 2.54. The molecule has 5 heteroatoms. The average Bonchev–Trinajstić information content (AvgIpc) is 2.48. The van der Waals surface area contributed by atoms with Crippen LogP contribution in [-0.4, -0.2) is 26.6 Å². The lowest BCUT2D eigenvalue weighted by Gasteiger charge is -2.29. The summed E-state index contributed by atoms with van der Waals surface area (Å²) in [6.07, 6.45) is 0.621. The minimum atomic E-state index is -0.393. The lowest BCUT2D eigenvalue weighted by Crippen LogP contribution is -2.31. The van der Waals surface area contributed by atoms with Crippen molar-refractivity contribution in [2.24, 2.45) is 0 Å². The highest BCUT2D eigenvalue weighted by atomic mass is 16.3. The van der Waals surface area contributed by atoms with Gasteiger partial charge >= 0.3 is 0 Å². The Balaban J connectivity index is 1.90. The molecule has 0 saturated carbocycles. The van der Waals surface area contributed by atoms with Gasteiger partial charge in [-0.05, 0) is 17.5 Å². The van der Waals surface area contributed by atoms with E-state index < -0.39 is 5.88 Å². The van der Waals surface area contributed by atoms with E-state index in [2.05, 4.69) is 22.0 Å². The van der Waals surface area contributed by atoms with Crippen LogP contribution in [0.15, 0.2) is 30.3 Å². The van der Waals surface area contributed by atoms with Gasteiger partial charge in [-0.3, -0.25) is 4.90 Å². The molecule has 1 aliphatic rings. The van der Waals surface area contributed by atoms with Gasteiger partial charge in [0.1, 0.15) is 11.6 Å². The normalized spacial score (nSPS) is 14.4. The molecule has 0 atom stereocenters. The van der Waals surface area contributed by atoms with Crippen LogP contribution in [0.1, 0.15) is 22.3 Å². The number of fused-ring (bicyclic) bond motifs is 1. The standard InChI is InChI=1S/C16H15N3O2/c17-8-13-14-10-19(9-11-4-2-1-3-5-11)7-6-12(14)15(20)18-16(13)21/h1-5H,6-7,9-10H2,(H2,18,20,21). The topological polar surface area (TPSA) is 80.4 Å². The maximum atomic E-state index is 9.83. The molecular weight excluding hydrogens is 266 g/mol. The third-order valence-corrected chi connectivity index (χ3v) is 3.79. The fourth-order valence-electron chi connectivity index (χ4n) is 2.75. The summed E-state index contributed by atoms with van der Waals surface area (Å²) < 4.78 is 0. The molecule has 0 saturated heterocycles. The number of hydrogen-bond acceptors (Lipinski definition) is 5. The summed E-state index contributed by atoms with van der Waals surface area (Å²) >= 11 is 0. The van der Waals surface area contributed by atoms with Crippen molar-refractivity contribution in [3.63, 3.8) is 0 Å². The molecule has 0 fully saturated rings. The van der Waals surface area contributed by atoms with E-state index in [-0.39, 0.29) is 11.4 Å². The van der Waals surface area contributed by atoms with E-state index in [1.54, 1.807) is 0 Å². The average molecular weight is 281 g/mol. The van der Waals surface area contributed by atoms with Gasteiger partial charge in [-0.15, -0.1) is 0 Å². The van der Waals surface area contributed by atoms with Crippen molar-refractivity contribution in [3.05, 3.63) is 52.6 Å². The molecule has 0 unspecified atom stereocenters. The van der Waals surface area contributed by atoms with Gasteiger partial charge in [0.05, 0.1) is 0 Å². The minimum Gasteiger partial charge on any atom is -0.493 e. The molecular formula is C16H15N3O2. The van der Waals surface area contributed by atoms with Gasteiger partial charge in [-0.25, -0.2) is 0 Å². The van der Waals surface area contributed by atoms with Gasteiger partial charge in [-0.1, -0.05) is 30.3 Å². The second kappa shape index (κ2) is 5.43. The Labute approximate surface area is 122 Å². The summed E-state index contributed by atoms with van der Waals surface area (Å²) in [6.45, 7) is 2.08. The highest BCUT2D eigenvalue weighted by Gasteiger charge is 2.25. The number of pyridine rings is 1. The summed E-state index contributed by atoms with van der Waals surface area (Å²) in [7, 11) is 0. The van der Waals surface area contributed by atoms with E-state index in [9.17, 15) is 15.5 Å². The molecule has 3 rings (SSSR count). The van der Waals surface area contributed by atoms with E-state index in [4.69, 9.17) is 0 Å². The smallest absolute Gasteiger partial charge is 0.232 e. The summed E-state index contributed by atoms with van der Waals surface area (Å²) in [4.78, 5) is 5.83. The molecule has 0 amide bonds. The minimum absolute atomic E-state index is 0.166. The summed E-state index contributed by atoms with van der Waals surface area (Å²) in [6, 6.07) is 12.1. The second-order valence-electron chi connectivity index (χ2n) is 5.15. The second-order valence-corrected chi connectivity index (χ2v) is 5.15. The zero-order valence-electron chi connectivity index (χ0n) is 11.5. The highest BCUT2D eigenvalue weighted by molar-refractivity contribution is 5.52. The first kappa shape index (κ1) is 13.4. The van der Waals surface area contributed by atoms with Crippen LogP contribution in [0.4, 0.5) is 0 Å². The molecule has 1 aromatic heterocycles. The van der Waals surface area contributed by atoms with Crippen LogP contribution in [0.25, 0.3) is 0 Å². The number of nitrogens with zero attached hydrogens (tertiary/aromatic N) is 3. The summed E-state index contributed by atoms with van der Waals surface area (Å²) in [5.74, 6) is -0.559. The van der Waals surface area contributed by atoms with Crippen LogP contribution < -0.4 is 0 Å². The first-order chi connectivity index (χ1) is 10.2. The van der Waals surface area contributed by atoms with Crippen molar-refractivity contribution in [1.82, 2.24) is 9.88 Å². The predicted molar refractivity (Wildman–Crippen MR) is 76.5 cm³/mol. The fourth-order valence-corrected chi connectivity index (χ4v) is 2.75. The molecule has 2 aromatic rings. The number of hydrogen-bond donors (Lipinski definition) is 2.